The summed E-state index contributed by atoms with van der Waals surface area (Å²) in [5.41, 5.74) is 4.45. The van der Waals surface area contributed by atoms with Crippen LogP contribution in [-0.2, 0) is 0 Å². The largest absolute Gasteiger partial charge is 0.351 e. The van der Waals surface area contributed by atoms with E-state index < -0.39 is 0 Å². The molecule has 0 aliphatic rings. The van der Waals surface area contributed by atoms with Gasteiger partial charge in [0.05, 0.1) is 17.5 Å². The first-order valence-electron chi connectivity index (χ1n) is 10.3. The van der Waals surface area contributed by atoms with Gasteiger partial charge < -0.3 is 5.32 Å². The maximum absolute atomic E-state index is 13.0. The van der Waals surface area contributed by atoms with Crippen LogP contribution >= 0.6 is 0 Å². The van der Waals surface area contributed by atoms with Gasteiger partial charge in [0.1, 0.15) is 0 Å². The Morgan fingerprint density at radius 1 is 1.00 bits per heavy atom. The van der Waals surface area contributed by atoms with Crippen molar-refractivity contribution in [3.63, 3.8) is 0 Å². The van der Waals surface area contributed by atoms with Crippen LogP contribution in [0.3, 0.4) is 0 Å². The van der Waals surface area contributed by atoms with Crippen LogP contribution in [0.25, 0.3) is 11.0 Å². The topological polar surface area (TPSA) is 59.8 Å². The zero-order valence-corrected chi connectivity index (χ0v) is 17.5. The lowest BCUT2D eigenvalue weighted by Crippen LogP contribution is -2.29. The molecule has 1 N–H and O–H groups in total. The SMILES string of the molecule is Cc1nc2c(cnn2C(C)C)cc1C(=O)NCC(c1ccccc1)c1ccccc1. The van der Waals surface area contributed by atoms with Crippen molar-refractivity contribution in [3.8, 4) is 0 Å². The standard InChI is InChI=1S/C25H26N4O/c1-17(2)29-24-21(15-27-29)14-22(18(3)28-24)25(30)26-16-23(19-10-6-4-7-11-19)20-12-8-5-9-13-20/h4-15,17,23H,16H2,1-3H3,(H,26,30). The van der Waals surface area contributed by atoms with Gasteiger partial charge in [-0.25, -0.2) is 9.67 Å². The lowest BCUT2D eigenvalue weighted by molar-refractivity contribution is 0.0951. The fraction of sp³-hybridized carbons (Fsp3) is 0.240. The molecule has 0 spiro atoms. The summed E-state index contributed by atoms with van der Waals surface area (Å²) in [6, 6.07) is 22.6. The number of pyridine rings is 1. The zero-order valence-electron chi connectivity index (χ0n) is 17.5. The van der Waals surface area contributed by atoms with Gasteiger partial charge in [-0.05, 0) is 38.0 Å². The number of hydrogen-bond acceptors (Lipinski definition) is 3. The quantitative estimate of drug-likeness (QED) is 0.503. The number of amides is 1. The van der Waals surface area contributed by atoms with Gasteiger partial charge >= 0.3 is 0 Å². The number of carbonyl (C=O) groups is 1. The number of aryl methyl sites for hydroxylation is 1. The predicted molar refractivity (Wildman–Crippen MR) is 120 cm³/mol. The molecule has 0 fully saturated rings. The first kappa shape index (κ1) is 19.8. The highest BCUT2D eigenvalue weighted by Gasteiger charge is 2.18. The third kappa shape index (κ3) is 3.96. The van der Waals surface area contributed by atoms with E-state index in [4.69, 9.17) is 0 Å². The van der Waals surface area contributed by atoms with Crippen LogP contribution in [0.5, 0.6) is 0 Å². The lowest BCUT2D eigenvalue weighted by atomic mass is 9.91. The summed E-state index contributed by atoms with van der Waals surface area (Å²) in [5.74, 6) is -0.0342. The van der Waals surface area contributed by atoms with E-state index in [1.54, 1.807) is 6.20 Å². The van der Waals surface area contributed by atoms with Crippen molar-refractivity contribution in [2.75, 3.05) is 6.54 Å². The first-order chi connectivity index (χ1) is 14.5. The molecular formula is C25H26N4O. The minimum atomic E-state index is -0.115. The Morgan fingerprint density at radius 3 is 2.17 bits per heavy atom. The van der Waals surface area contributed by atoms with E-state index in [1.165, 1.54) is 11.1 Å². The predicted octanol–water partition coefficient (Wildman–Crippen LogP) is 4.88. The molecule has 2 heterocycles. The van der Waals surface area contributed by atoms with Gasteiger partial charge in [0.15, 0.2) is 5.65 Å². The van der Waals surface area contributed by atoms with E-state index in [0.717, 1.165) is 11.0 Å². The molecular weight excluding hydrogens is 372 g/mol. The van der Waals surface area contributed by atoms with E-state index in [2.05, 4.69) is 53.5 Å². The molecule has 0 atom stereocenters. The van der Waals surface area contributed by atoms with E-state index in [9.17, 15) is 4.79 Å². The Balaban J connectivity index is 1.59. The molecule has 2 aromatic carbocycles. The van der Waals surface area contributed by atoms with Gasteiger partial charge in [0, 0.05) is 23.9 Å². The molecule has 152 valence electrons. The number of nitrogens with one attached hydrogen (secondary N) is 1. The smallest absolute Gasteiger partial charge is 0.253 e. The van der Waals surface area contributed by atoms with Gasteiger partial charge in [0.25, 0.3) is 5.91 Å². The van der Waals surface area contributed by atoms with Crippen LogP contribution in [0.15, 0.2) is 72.9 Å². The van der Waals surface area contributed by atoms with Crippen molar-refractivity contribution < 1.29 is 4.79 Å². The molecule has 5 nitrogen and oxygen atoms in total. The Morgan fingerprint density at radius 2 is 1.60 bits per heavy atom. The van der Waals surface area contributed by atoms with Crippen molar-refractivity contribution in [1.29, 1.82) is 0 Å². The Hall–Kier alpha value is -3.47. The number of benzene rings is 2. The third-order valence-electron chi connectivity index (χ3n) is 5.36. The van der Waals surface area contributed by atoms with E-state index in [0.29, 0.717) is 17.8 Å². The Labute approximate surface area is 176 Å². The summed E-state index contributed by atoms with van der Waals surface area (Å²) in [4.78, 5) is 17.7. The molecule has 1 amide bonds. The zero-order chi connectivity index (χ0) is 21.1. The summed E-state index contributed by atoms with van der Waals surface area (Å²) in [7, 11) is 0. The van der Waals surface area contributed by atoms with Crippen molar-refractivity contribution in [3.05, 3.63) is 95.3 Å². The van der Waals surface area contributed by atoms with E-state index in [1.807, 2.05) is 54.1 Å². The molecule has 0 bridgehead atoms. The molecule has 30 heavy (non-hydrogen) atoms. The molecule has 0 aliphatic carbocycles. The molecule has 0 aliphatic heterocycles. The molecule has 0 saturated heterocycles. The monoisotopic (exact) mass is 398 g/mol. The molecule has 4 aromatic rings. The fourth-order valence-electron chi connectivity index (χ4n) is 3.76. The number of carbonyl (C=O) groups excluding carboxylic acids is 1. The van der Waals surface area contributed by atoms with Crippen molar-refractivity contribution >= 4 is 16.9 Å². The Kier molecular flexibility index (Phi) is 5.61. The first-order valence-corrected chi connectivity index (χ1v) is 10.3. The second-order valence-electron chi connectivity index (χ2n) is 7.80. The van der Waals surface area contributed by atoms with Crippen molar-refractivity contribution in [2.24, 2.45) is 0 Å². The van der Waals surface area contributed by atoms with Crippen LogP contribution in [-0.4, -0.2) is 27.2 Å². The molecule has 0 unspecified atom stereocenters. The second kappa shape index (κ2) is 8.49. The van der Waals surface area contributed by atoms with E-state index in [-0.39, 0.29) is 17.9 Å². The molecule has 4 rings (SSSR count). The fourth-order valence-corrected chi connectivity index (χ4v) is 3.76. The highest BCUT2D eigenvalue weighted by Crippen LogP contribution is 2.24. The maximum Gasteiger partial charge on any atom is 0.253 e. The number of nitrogens with zero attached hydrogens (tertiary/aromatic N) is 3. The summed E-state index contributed by atoms with van der Waals surface area (Å²) in [6.07, 6.45) is 1.77. The Bertz CT molecular complexity index is 1110. The molecule has 2 aromatic heterocycles. The average Bonchev–Trinajstić information content (AvgIpc) is 3.17. The van der Waals surface area contributed by atoms with Gasteiger partial charge in [-0.15, -0.1) is 0 Å². The van der Waals surface area contributed by atoms with Crippen molar-refractivity contribution in [1.82, 2.24) is 20.1 Å². The molecule has 5 heteroatoms. The second-order valence-corrected chi connectivity index (χ2v) is 7.80. The average molecular weight is 399 g/mol. The minimum Gasteiger partial charge on any atom is -0.351 e. The lowest BCUT2D eigenvalue weighted by Gasteiger charge is -2.19. The van der Waals surface area contributed by atoms with Crippen LogP contribution in [0, 0.1) is 6.92 Å². The van der Waals surface area contributed by atoms with Gasteiger partial charge in [-0.2, -0.15) is 5.10 Å². The highest BCUT2D eigenvalue weighted by molar-refractivity contribution is 5.98. The summed E-state index contributed by atoms with van der Waals surface area (Å²) in [5, 5.41) is 8.41. The van der Waals surface area contributed by atoms with Crippen LogP contribution in [0.1, 0.15) is 53.0 Å². The summed E-state index contributed by atoms with van der Waals surface area (Å²) >= 11 is 0. The van der Waals surface area contributed by atoms with Crippen LogP contribution < -0.4 is 5.32 Å². The molecule has 0 radical (unpaired) electrons. The summed E-state index contributed by atoms with van der Waals surface area (Å²) < 4.78 is 1.88. The highest BCUT2D eigenvalue weighted by atomic mass is 16.1. The third-order valence-corrected chi connectivity index (χ3v) is 5.36. The summed E-state index contributed by atoms with van der Waals surface area (Å²) in [6.45, 7) is 6.52. The number of hydrogen-bond donors (Lipinski definition) is 1. The van der Waals surface area contributed by atoms with Gasteiger partial charge in [-0.3, -0.25) is 4.79 Å². The number of fused-ring (bicyclic) bond motifs is 1. The van der Waals surface area contributed by atoms with Gasteiger partial charge in [-0.1, -0.05) is 60.7 Å². The normalized spacial score (nSPS) is 11.4. The number of rotatable bonds is 6. The minimum absolute atomic E-state index is 0.0806. The maximum atomic E-state index is 13.0. The van der Waals surface area contributed by atoms with Gasteiger partial charge in [0.2, 0.25) is 0 Å². The van der Waals surface area contributed by atoms with Crippen LogP contribution in [0.4, 0.5) is 0 Å². The van der Waals surface area contributed by atoms with Crippen molar-refractivity contribution in [2.45, 2.75) is 32.7 Å². The van der Waals surface area contributed by atoms with Crippen LogP contribution in [0.2, 0.25) is 0 Å². The van der Waals surface area contributed by atoms with E-state index >= 15 is 0 Å². The molecule has 0 saturated carbocycles. The number of aromatic nitrogens is 3.